The van der Waals surface area contributed by atoms with Gasteiger partial charge < -0.3 is 9.80 Å². The van der Waals surface area contributed by atoms with Crippen molar-refractivity contribution in [1.29, 1.82) is 0 Å². The Balaban J connectivity index is 1.43. The van der Waals surface area contributed by atoms with Crippen LogP contribution in [-0.2, 0) is 9.59 Å². The maximum Gasteiger partial charge on any atom is 0.259 e. The summed E-state index contributed by atoms with van der Waals surface area (Å²) in [5.74, 6) is 1.41. The van der Waals surface area contributed by atoms with Crippen LogP contribution in [0, 0.1) is 11.8 Å². The van der Waals surface area contributed by atoms with E-state index in [0.717, 1.165) is 57.1 Å². The third-order valence-electron chi connectivity index (χ3n) is 16.1. The number of carbonyl (C=O) groups is 2. The highest BCUT2D eigenvalue weighted by Crippen LogP contribution is 2.48. The zero-order valence-electron chi connectivity index (χ0n) is 45.8. The number of hydrogen-bond donors (Lipinski definition) is 0. The summed E-state index contributed by atoms with van der Waals surface area (Å²) in [5.41, 5.74) is 4.87. The number of nitrogens with zero attached hydrogens (tertiary/aromatic N) is 2. The van der Waals surface area contributed by atoms with Gasteiger partial charge in [0.15, 0.2) is 0 Å². The lowest BCUT2D eigenvalue weighted by molar-refractivity contribution is -0.114. The van der Waals surface area contributed by atoms with Crippen LogP contribution in [0.1, 0.15) is 296 Å². The van der Waals surface area contributed by atoms with Crippen molar-refractivity contribution in [3.8, 4) is 0 Å². The number of fused-ring (bicyclic) bond motifs is 2. The molecule has 0 N–H and O–H groups in total. The summed E-state index contributed by atoms with van der Waals surface area (Å²) in [4.78, 5) is 33.9. The lowest BCUT2D eigenvalue weighted by Gasteiger charge is -2.21. The molecule has 0 bridgehead atoms. The highest BCUT2D eigenvalue weighted by Gasteiger charge is 2.42. The molecule has 2 heterocycles. The minimum Gasteiger partial charge on any atom is -0.308 e. The van der Waals surface area contributed by atoms with Crippen molar-refractivity contribution in [1.82, 2.24) is 0 Å². The second-order valence-electron chi connectivity index (χ2n) is 22.1. The smallest absolute Gasteiger partial charge is 0.259 e. The van der Waals surface area contributed by atoms with Crippen molar-refractivity contribution < 1.29 is 9.59 Å². The fourth-order valence-electron chi connectivity index (χ4n) is 11.7. The molecule has 6 heteroatoms. The van der Waals surface area contributed by atoms with Gasteiger partial charge in [0.2, 0.25) is 0 Å². The number of carbonyl (C=O) groups excluding carboxylic acids is 2. The van der Waals surface area contributed by atoms with Crippen LogP contribution in [0.4, 0.5) is 11.4 Å². The molecular weight excluding hydrogens is 989 g/mol. The quantitative estimate of drug-likeness (QED) is 0.0490. The van der Waals surface area contributed by atoms with Crippen LogP contribution in [-0.4, -0.2) is 24.9 Å². The third-order valence-corrected chi connectivity index (χ3v) is 17.0. The molecule has 2 aliphatic heterocycles. The summed E-state index contributed by atoms with van der Waals surface area (Å²) in [7, 11) is 0. The van der Waals surface area contributed by atoms with E-state index in [2.05, 4.69) is 83.8 Å². The van der Waals surface area contributed by atoms with Crippen molar-refractivity contribution in [2.45, 2.75) is 285 Å². The van der Waals surface area contributed by atoms with Gasteiger partial charge in [-0.1, -0.05) is 303 Å². The largest absolute Gasteiger partial charge is 0.308 e. The van der Waals surface area contributed by atoms with Crippen LogP contribution < -0.4 is 9.80 Å². The second-order valence-corrected chi connectivity index (χ2v) is 23.9. The first kappa shape index (κ1) is 60.6. The molecule has 2 aliphatic rings. The molecule has 0 fully saturated rings. The van der Waals surface area contributed by atoms with Gasteiger partial charge in [-0.3, -0.25) is 9.59 Å². The van der Waals surface area contributed by atoms with Crippen LogP contribution in [0.2, 0.25) is 0 Å². The lowest BCUT2D eigenvalue weighted by atomic mass is 9.90. The first-order chi connectivity index (χ1) is 34.3. The molecule has 2 aromatic carbocycles. The molecule has 0 radical (unpaired) electrons. The van der Waals surface area contributed by atoms with E-state index in [-0.39, 0.29) is 11.8 Å². The van der Waals surface area contributed by atoms with Gasteiger partial charge in [0, 0.05) is 33.2 Å². The number of halogens is 2. The average molecular weight is 1090 g/mol. The zero-order chi connectivity index (χ0) is 50.0. The SMILES string of the molecule is CCCCCCCCCCC(CCCCCCCCCC)CCCN1C(=O)/C(=C2/C(=O)N(CCCC(CCCCCCCCCC)CCCCCCCCCC)c3cc(Br)ccc32)c2ccc(Br)cc21. The Morgan fingerprint density at radius 2 is 0.586 bits per heavy atom. The molecule has 0 spiro atoms. The van der Waals surface area contributed by atoms with E-state index in [1.54, 1.807) is 0 Å². The molecule has 0 saturated heterocycles. The predicted molar refractivity (Wildman–Crippen MR) is 314 cm³/mol. The molecule has 0 atom stereocenters. The second kappa shape index (κ2) is 37.8. The molecule has 2 aromatic rings. The highest BCUT2D eigenvalue weighted by molar-refractivity contribution is 9.10. The van der Waals surface area contributed by atoms with Crippen molar-refractivity contribution in [2.24, 2.45) is 11.8 Å². The third kappa shape index (κ3) is 22.3. The molecule has 4 rings (SSSR count). The van der Waals surface area contributed by atoms with E-state index < -0.39 is 0 Å². The standard InChI is InChI=1S/C64H104Br2N2O2/c1-5-9-13-17-21-25-29-33-39-53(40-34-30-26-22-18-14-10-6-2)43-37-49-67-59-51-55(65)45-47-57(59)61(63(67)69)62-58-48-46-56(66)52-60(58)68(64(62)70)50-38-44-54(41-35-31-27-23-19-15-11-7-3)42-36-32-28-24-20-16-12-8-4/h45-48,51-54H,5-44,49-50H2,1-4H3/b62-61+. The Hall–Kier alpha value is -1.92. The Labute approximate surface area is 448 Å². The molecule has 396 valence electrons. The molecule has 0 unspecified atom stereocenters. The van der Waals surface area contributed by atoms with E-state index in [1.165, 1.54) is 231 Å². The molecule has 0 saturated carbocycles. The molecule has 2 amide bonds. The van der Waals surface area contributed by atoms with E-state index in [0.29, 0.717) is 36.1 Å². The summed E-state index contributed by atoms with van der Waals surface area (Å²) < 4.78 is 1.93. The van der Waals surface area contributed by atoms with Crippen LogP contribution in [0.25, 0.3) is 11.1 Å². The van der Waals surface area contributed by atoms with Crippen molar-refractivity contribution >= 4 is 66.2 Å². The van der Waals surface area contributed by atoms with Gasteiger partial charge in [0.05, 0.1) is 22.5 Å². The number of amides is 2. The first-order valence-corrected chi connectivity index (χ1v) is 31.9. The Morgan fingerprint density at radius 1 is 0.343 bits per heavy atom. The Kier molecular flexibility index (Phi) is 32.7. The van der Waals surface area contributed by atoms with Crippen molar-refractivity contribution in [3.63, 3.8) is 0 Å². The minimum absolute atomic E-state index is 0.00865. The number of unbranched alkanes of at least 4 members (excludes halogenated alkanes) is 28. The van der Waals surface area contributed by atoms with Gasteiger partial charge in [-0.05, 0) is 61.8 Å². The lowest BCUT2D eigenvalue weighted by Crippen LogP contribution is -2.30. The Morgan fingerprint density at radius 3 is 0.857 bits per heavy atom. The van der Waals surface area contributed by atoms with Crippen LogP contribution in [0.15, 0.2) is 45.3 Å². The van der Waals surface area contributed by atoms with E-state index in [9.17, 15) is 9.59 Å². The van der Waals surface area contributed by atoms with Gasteiger partial charge in [0.25, 0.3) is 11.8 Å². The summed E-state index contributed by atoms with van der Waals surface area (Å²) in [6.07, 6.45) is 53.2. The van der Waals surface area contributed by atoms with Crippen LogP contribution in [0.5, 0.6) is 0 Å². The zero-order valence-corrected chi connectivity index (χ0v) is 49.0. The molecular formula is C64H104Br2N2O2. The van der Waals surface area contributed by atoms with E-state index >= 15 is 0 Å². The number of anilines is 2. The highest BCUT2D eigenvalue weighted by atomic mass is 79.9. The van der Waals surface area contributed by atoms with Crippen LogP contribution in [0.3, 0.4) is 0 Å². The number of benzene rings is 2. The number of rotatable bonds is 44. The van der Waals surface area contributed by atoms with Gasteiger partial charge in [-0.25, -0.2) is 0 Å². The van der Waals surface area contributed by atoms with Gasteiger partial charge in [-0.15, -0.1) is 0 Å². The molecule has 0 aromatic heterocycles. The Bertz CT molecular complexity index is 1590. The van der Waals surface area contributed by atoms with Crippen molar-refractivity contribution in [2.75, 3.05) is 22.9 Å². The van der Waals surface area contributed by atoms with Gasteiger partial charge >= 0.3 is 0 Å². The average Bonchev–Trinajstić information content (AvgIpc) is 3.77. The number of hydrogen-bond acceptors (Lipinski definition) is 2. The van der Waals surface area contributed by atoms with E-state index in [4.69, 9.17) is 0 Å². The fourth-order valence-corrected chi connectivity index (χ4v) is 12.4. The summed E-state index contributed by atoms with van der Waals surface area (Å²) in [6, 6.07) is 12.4. The van der Waals surface area contributed by atoms with E-state index in [1.807, 2.05) is 21.9 Å². The monoisotopic (exact) mass is 1090 g/mol. The summed E-state index contributed by atoms with van der Waals surface area (Å²) in [5, 5.41) is 0. The maximum atomic E-state index is 14.9. The summed E-state index contributed by atoms with van der Waals surface area (Å²) >= 11 is 7.51. The summed E-state index contributed by atoms with van der Waals surface area (Å²) in [6.45, 7) is 10.6. The molecule has 70 heavy (non-hydrogen) atoms. The van der Waals surface area contributed by atoms with Gasteiger partial charge in [0.1, 0.15) is 0 Å². The topological polar surface area (TPSA) is 40.6 Å². The van der Waals surface area contributed by atoms with Crippen molar-refractivity contribution in [3.05, 3.63) is 56.5 Å². The molecule has 0 aliphatic carbocycles. The maximum absolute atomic E-state index is 14.9. The van der Waals surface area contributed by atoms with Crippen LogP contribution >= 0.6 is 31.9 Å². The first-order valence-electron chi connectivity index (χ1n) is 30.3. The fraction of sp³-hybridized carbons (Fsp3) is 0.750. The normalized spacial score (nSPS) is 14.6. The predicted octanol–water partition coefficient (Wildman–Crippen LogP) is 21.7. The van der Waals surface area contributed by atoms with Gasteiger partial charge in [-0.2, -0.15) is 0 Å². The minimum atomic E-state index is -0.00865. The molecule has 4 nitrogen and oxygen atoms in total.